The number of aryl methyl sites for hydroxylation is 1. The summed E-state index contributed by atoms with van der Waals surface area (Å²) in [7, 11) is 1.88. The van der Waals surface area contributed by atoms with Crippen molar-refractivity contribution in [1.82, 2.24) is 9.88 Å². The Hall–Kier alpha value is -2.43. The van der Waals surface area contributed by atoms with Crippen LogP contribution in [-0.4, -0.2) is 20.7 Å². The first-order valence-corrected chi connectivity index (χ1v) is 5.48. The normalized spacial score (nSPS) is 10.3. The van der Waals surface area contributed by atoms with Crippen LogP contribution in [0.1, 0.15) is 16.1 Å². The molecular weight excluding hydrogens is 232 g/mol. The molecule has 0 fully saturated rings. The highest BCUT2D eigenvalue weighted by Crippen LogP contribution is 2.21. The average molecular weight is 246 g/mol. The van der Waals surface area contributed by atoms with Crippen molar-refractivity contribution in [2.24, 2.45) is 7.05 Å². The summed E-state index contributed by atoms with van der Waals surface area (Å²) < 4.78 is 1.89. The number of nitrogens with zero attached hydrogens (tertiary/aromatic N) is 1. The van der Waals surface area contributed by atoms with Gasteiger partial charge in [-0.25, -0.2) is 0 Å². The summed E-state index contributed by atoms with van der Waals surface area (Å²) in [5.41, 5.74) is 1.01. The van der Waals surface area contributed by atoms with Gasteiger partial charge in [0, 0.05) is 18.9 Å². The maximum atomic E-state index is 11.8. The zero-order valence-corrected chi connectivity index (χ0v) is 9.92. The molecule has 0 saturated heterocycles. The summed E-state index contributed by atoms with van der Waals surface area (Å²) >= 11 is 0. The molecule has 5 heteroatoms. The van der Waals surface area contributed by atoms with Crippen LogP contribution in [0.4, 0.5) is 0 Å². The van der Waals surface area contributed by atoms with Gasteiger partial charge in [-0.05, 0) is 30.3 Å². The van der Waals surface area contributed by atoms with Gasteiger partial charge in [0.05, 0.1) is 12.1 Å². The largest absolute Gasteiger partial charge is 0.508 e. The van der Waals surface area contributed by atoms with Crippen molar-refractivity contribution in [3.8, 4) is 11.5 Å². The van der Waals surface area contributed by atoms with Crippen molar-refractivity contribution in [1.29, 1.82) is 0 Å². The molecule has 0 saturated carbocycles. The monoisotopic (exact) mass is 246 g/mol. The Kier molecular flexibility index (Phi) is 3.23. The molecule has 3 N–H and O–H groups in total. The molecule has 0 spiro atoms. The number of aromatic hydroxyl groups is 2. The van der Waals surface area contributed by atoms with Gasteiger partial charge in [0.15, 0.2) is 0 Å². The maximum absolute atomic E-state index is 11.8. The minimum Gasteiger partial charge on any atom is -0.508 e. The smallest absolute Gasteiger partial charge is 0.255 e. The second kappa shape index (κ2) is 4.83. The van der Waals surface area contributed by atoms with E-state index in [1.165, 1.54) is 18.2 Å². The van der Waals surface area contributed by atoms with Crippen LogP contribution in [0, 0.1) is 0 Å². The SMILES string of the molecule is Cn1cccc1CNC(=O)c1cc(O)ccc1O. The zero-order valence-electron chi connectivity index (χ0n) is 9.92. The highest BCUT2D eigenvalue weighted by atomic mass is 16.3. The standard InChI is InChI=1S/C13H14N2O3/c1-15-6-2-3-9(15)8-14-13(18)11-7-10(16)4-5-12(11)17/h2-7,16-17H,8H2,1H3,(H,14,18). The Morgan fingerprint density at radius 3 is 2.78 bits per heavy atom. The van der Waals surface area contributed by atoms with Gasteiger partial charge in [0.1, 0.15) is 11.5 Å². The third-order valence-electron chi connectivity index (χ3n) is 2.71. The minimum atomic E-state index is -0.426. The van der Waals surface area contributed by atoms with E-state index in [4.69, 9.17) is 0 Å². The van der Waals surface area contributed by atoms with Crippen LogP contribution >= 0.6 is 0 Å². The molecule has 94 valence electrons. The lowest BCUT2D eigenvalue weighted by Gasteiger charge is -2.08. The highest BCUT2D eigenvalue weighted by Gasteiger charge is 2.11. The Labute approximate surface area is 104 Å². The summed E-state index contributed by atoms with van der Waals surface area (Å²) in [4.78, 5) is 11.8. The molecule has 1 amide bonds. The number of phenolic OH excluding ortho intramolecular Hbond substituents is 2. The molecule has 1 aromatic carbocycles. The van der Waals surface area contributed by atoms with Gasteiger partial charge in [0.2, 0.25) is 0 Å². The molecule has 0 aliphatic heterocycles. The first-order valence-electron chi connectivity index (χ1n) is 5.48. The van der Waals surface area contributed by atoms with Gasteiger partial charge >= 0.3 is 0 Å². The molecule has 0 unspecified atom stereocenters. The van der Waals surface area contributed by atoms with Crippen LogP contribution in [0.3, 0.4) is 0 Å². The van der Waals surface area contributed by atoms with Crippen LogP contribution in [-0.2, 0) is 13.6 Å². The van der Waals surface area contributed by atoms with Gasteiger partial charge in [-0.1, -0.05) is 0 Å². The van der Waals surface area contributed by atoms with E-state index in [0.29, 0.717) is 6.54 Å². The summed E-state index contributed by atoms with van der Waals surface area (Å²) in [5, 5.41) is 21.5. The van der Waals surface area contributed by atoms with Crippen LogP contribution in [0.15, 0.2) is 36.5 Å². The van der Waals surface area contributed by atoms with Crippen molar-refractivity contribution < 1.29 is 15.0 Å². The van der Waals surface area contributed by atoms with Crippen molar-refractivity contribution in [2.75, 3.05) is 0 Å². The van der Waals surface area contributed by atoms with Gasteiger partial charge < -0.3 is 20.1 Å². The Balaban J connectivity index is 2.08. The van der Waals surface area contributed by atoms with Crippen molar-refractivity contribution in [3.63, 3.8) is 0 Å². The molecule has 2 rings (SSSR count). The molecule has 2 aromatic rings. The molecule has 0 aliphatic rings. The Bertz CT molecular complexity index is 575. The molecule has 0 aliphatic carbocycles. The topological polar surface area (TPSA) is 74.5 Å². The number of amides is 1. The van der Waals surface area contributed by atoms with Crippen LogP contribution in [0.25, 0.3) is 0 Å². The molecule has 5 nitrogen and oxygen atoms in total. The summed E-state index contributed by atoms with van der Waals surface area (Å²) in [6.45, 7) is 0.359. The predicted molar refractivity (Wildman–Crippen MR) is 66.4 cm³/mol. The van der Waals surface area contributed by atoms with Gasteiger partial charge in [-0.3, -0.25) is 4.79 Å². The van der Waals surface area contributed by atoms with Crippen molar-refractivity contribution in [3.05, 3.63) is 47.8 Å². The van der Waals surface area contributed by atoms with Gasteiger partial charge in [0.25, 0.3) is 5.91 Å². The van der Waals surface area contributed by atoms with Gasteiger partial charge in [-0.15, -0.1) is 0 Å². The minimum absolute atomic E-state index is 0.0585. The molecular formula is C13H14N2O3. The predicted octanol–water partition coefficient (Wildman–Crippen LogP) is 1.37. The first-order chi connectivity index (χ1) is 8.58. The molecule has 18 heavy (non-hydrogen) atoms. The molecule has 1 heterocycles. The van der Waals surface area contributed by atoms with E-state index in [0.717, 1.165) is 5.69 Å². The maximum Gasteiger partial charge on any atom is 0.255 e. The van der Waals surface area contributed by atoms with Gasteiger partial charge in [-0.2, -0.15) is 0 Å². The number of benzene rings is 1. The van der Waals surface area contributed by atoms with Crippen LogP contribution < -0.4 is 5.32 Å². The molecule has 0 bridgehead atoms. The lowest BCUT2D eigenvalue weighted by atomic mass is 10.1. The van der Waals surface area contributed by atoms with Crippen LogP contribution in [0.2, 0.25) is 0 Å². The summed E-state index contributed by atoms with van der Waals surface area (Å²) in [6, 6.07) is 7.61. The molecule has 0 radical (unpaired) electrons. The lowest BCUT2D eigenvalue weighted by molar-refractivity contribution is 0.0947. The second-order valence-corrected chi connectivity index (χ2v) is 3.99. The first kappa shape index (κ1) is 12.0. The lowest BCUT2D eigenvalue weighted by Crippen LogP contribution is -2.23. The second-order valence-electron chi connectivity index (χ2n) is 3.99. The average Bonchev–Trinajstić information content (AvgIpc) is 2.75. The van der Waals surface area contributed by atoms with E-state index in [1.54, 1.807) is 0 Å². The third kappa shape index (κ3) is 2.45. The number of carbonyl (C=O) groups excluding carboxylic acids is 1. The van der Waals surface area contributed by atoms with Crippen molar-refractivity contribution in [2.45, 2.75) is 6.54 Å². The van der Waals surface area contributed by atoms with E-state index in [9.17, 15) is 15.0 Å². The number of carbonyl (C=O) groups is 1. The zero-order chi connectivity index (χ0) is 13.1. The van der Waals surface area contributed by atoms with E-state index in [2.05, 4.69) is 5.32 Å². The van der Waals surface area contributed by atoms with Crippen molar-refractivity contribution >= 4 is 5.91 Å². The van der Waals surface area contributed by atoms with E-state index in [1.807, 2.05) is 29.9 Å². The number of aromatic nitrogens is 1. The Morgan fingerprint density at radius 2 is 2.11 bits per heavy atom. The fourth-order valence-corrected chi connectivity index (χ4v) is 1.65. The Morgan fingerprint density at radius 1 is 1.33 bits per heavy atom. The number of phenols is 2. The number of nitrogens with one attached hydrogen (secondary N) is 1. The fraction of sp³-hybridized carbons (Fsp3) is 0.154. The van der Waals surface area contributed by atoms with Crippen LogP contribution in [0.5, 0.6) is 11.5 Å². The van der Waals surface area contributed by atoms with E-state index in [-0.39, 0.29) is 17.1 Å². The summed E-state index contributed by atoms with van der Waals surface area (Å²) in [6.07, 6.45) is 1.88. The fourth-order valence-electron chi connectivity index (χ4n) is 1.65. The van der Waals surface area contributed by atoms with E-state index < -0.39 is 5.91 Å². The number of hydrogen-bond acceptors (Lipinski definition) is 3. The summed E-state index contributed by atoms with van der Waals surface area (Å²) in [5.74, 6) is -0.640. The van der Waals surface area contributed by atoms with E-state index >= 15 is 0 Å². The third-order valence-corrected chi connectivity index (χ3v) is 2.71. The number of rotatable bonds is 3. The quantitative estimate of drug-likeness (QED) is 0.716. The molecule has 1 aromatic heterocycles. The number of hydrogen-bond donors (Lipinski definition) is 3. The molecule has 0 atom stereocenters. The highest BCUT2D eigenvalue weighted by molar-refractivity contribution is 5.97.